The number of aromatic nitrogens is 2. The van der Waals surface area contributed by atoms with Crippen LogP contribution in [0.15, 0.2) is 12.4 Å². The highest BCUT2D eigenvalue weighted by molar-refractivity contribution is 7.99. The fourth-order valence-corrected chi connectivity index (χ4v) is 3.34. The van der Waals surface area contributed by atoms with Crippen LogP contribution in [0.1, 0.15) is 24.4 Å². The van der Waals surface area contributed by atoms with Crippen molar-refractivity contribution in [2.24, 2.45) is 7.05 Å². The molecule has 4 nitrogen and oxygen atoms in total. The van der Waals surface area contributed by atoms with E-state index in [0.717, 1.165) is 25.3 Å². The third-order valence-electron chi connectivity index (χ3n) is 3.08. The van der Waals surface area contributed by atoms with Gasteiger partial charge in [-0.3, -0.25) is 9.58 Å². The van der Waals surface area contributed by atoms with Crippen LogP contribution in [-0.4, -0.2) is 39.3 Å². The summed E-state index contributed by atoms with van der Waals surface area (Å²) >= 11 is 2.01. The Labute approximate surface area is 107 Å². The average Bonchev–Trinajstić information content (AvgIpc) is 2.77. The van der Waals surface area contributed by atoms with E-state index in [-0.39, 0.29) is 0 Å². The van der Waals surface area contributed by atoms with Crippen LogP contribution in [0.25, 0.3) is 0 Å². The van der Waals surface area contributed by atoms with Crippen LogP contribution < -0.4 is 0 Å². The largest absolute Gasteiger partial charge is 0.295 e. The Morgan fingerprint density at radius 1 is 1.65 bits per heavy atom. The number of nitriles is 1. The number of nitrogens with zero attached hydrogens (tertiary/aromatic N) is 4. The van der Waals surface area contributed by atoms with Gasteiger partial charge in [-0.1, -0.05) is 0 Å². The lowest BCUT2D eigenvalue weighted by Gasteiger charge is -2.34. The minimum absolute atomic E-state index is 0.473. The Bertz CT molecular complexity index is 395. The molecule has 1 atom stereocenters. The molecular formula is C12H18N4S. The molecule has 0 aromatic carbocycles. The Hall–Kier alpha value is -0.990. The Kier molecular flexibility index (Phi) is 4.46. The Morgan fingerprint density at radius 2 is 2.53 bits per heavy atom. The second kappa shape index (κ2) is 6.08. The topological polar surface area (TPSA) is 44.9 Å². The molecule has 1 aromatic rings. The van der Waals surface area contributed by atoms with Gasteiger partial charge in [0, 0.05) is 49.3 Å². The van der Waals surface area contributed by atoms with Crippen molar-refractivity contribution in [3.63, 3.8) is 0 Å². The van der Waals surface area contributed by atoms with Crippen molar-refractivity contribution < 1.29 is 0 Å². The molecule has 0 amide bonds. The zero-order valence-electron chi connectivity index (χ0n) is 10.2. The lowest BCUT2D eigenvalue weighted by molar-refractivity contribution is 0.219. The summed E-state index contributed by atoms with van der Waals surface area (Å²) in [6.07, 6.45) is 5.70. The maximum Gasteiger partial charge on any atom is 0.0622 e. The van der Waals surface area contributed by atoms with Gasteiger partial charge in [-0.2, -0.15) is 22.1 Å². The van der Waals surface area contributed by atoms with Crippen molar-refractivity contribution in [1.29, 1.82) is 5.26 Å². The summed E-state index contributed by atoms with van der Waals surface area (Å²) in [5.74, 6) is 2.33. The van der Waals surface area contributed by atoms with Crippen molar-refractivity contribution in [3.8, 4) is 6.07 Å². The van der Waals surface area contributed by atoms with Gasteiger partial charge in [0.05, 0.1) is 12.3 Å². The molecule has 0 saturated carbocycles. The zero-order chi connectivity index (χ0) is 12.1. The van der Waals surface area contributed by atoms with Gasteiger partial charge in [0.1, 0.15) is 0 Å². The van der Waals surface area contributed by atoms with Gasteiger partial charge < -0.3 is 0 Å². The van der Waals surface area contributed by atoms with Crippen LogP contribution in [0.4, 0.5) is 0 Å². The van der Waals surface area contributed by atoms with Crippen molar-refractivity contribution in [2.75, 3.05) is 24.6 Å². The van der Waals surface area contributed by atoms with E-state index in [1.54, 1.807) is 0 Å². The first kappa shape index (κ1) is 12.5. The molecule has 1 aliphatic rings. The number of rotatable bonds is 4. The van der Waals surface area contributed by atoms with E-state index < -0.39 is 0 Å². The fourth-order valence-electron chi connectivity index (χ4n) is 2.19. The van der Waals surface area contributed by atoms with Gasteiger partial charge in [-0.15, -0.1) is 0 Å². The van der Waals surface area contributed by atoms with Crippen LogP contribution in [-0.2, 0) is 7.05 Å². The molecule has 0 N–H and O–H groups in total. The number of thioether (sulfide) groups is 1. The van der Waals surface area contributed by atoms with Crippen molar-refractivity contribution in [1.82, 2.24) is 14.7 Å². The number of hydrogen-bond donors (Lipinski definition) is 0. The lowest BCUT2D eigenvalue weighted by Crippen LogP contribution is -2.36. The molecule has 1 aliphatic heterocycles. The quantitative estimate of drug-likeness (QED) is 0.765. The van der Waals surface area contributed by atoms with Gasteiger partial charge in [0.15, 0.2) is 0 Å². The third-order valence-corrected chi connectivity index (χ3v) is 4.11. The molecule has 92 valence electrons. The monoisotopic (exact) mass is 250 g/mol. The predicted molar refractivity (Wildman–Crippen MR) is 69.7 cm³/mol. The number of aryl methyl sites for hydroxylation is 1. The SMILES string of the molecule is Cn1cc([C@H]2CSCCN2CCCC#N)cn1. The fraction of sp³-hybridized carbons (Fsp3) is 0.667. The molecule has 1 aromatic heterocycles. The van der Waals surface area contributed by atoms with E-state index in [1.807, 2.05) is 29.7 Å². The maximum atomic E-state index is 8.60. The summed E-state index contributed by atoms with van der Waals surface area (Å²) in [7, 11) is 1.96. The summed E-state index contributed by atoms with van der Waals surface area (Å²) in [5.41, 5.74) is 1.30. The molecule has 0 bridgehead atoms. The first-order valence-electron chi connectivity index (χ1n) is 5.98. The molecule has 0 aliphatic carbocycles. The van der Waals surface area contributed by atoms with E-state index in [9.17, 15) is 0 Å². The highest BCUT2D eigenvalue weighted by Gasteiger charge is 2.24. The van der Waals surface area contributed by atoms with Crippen LogP contribution in [0.3, 0.4) is 0 Å². The molecule has 0 unspecified atom stereocenters. The molecule has 1 fully saturated rings. The van der Waals surface area contributed by atoms with Crippen LogP contribution in [0.5, 0.6) is 0 Å². The molecule has 17 heavy (non-hydrogen) atoms. The van der Waals surface area contributed by atoms with E-state index in [0.29, 0.717) is 12.5 Å². The van der Waals surface area contributed by atoms with Gasteiger partial charge in [-0.25, -0.2) is 0 Å². The second-order valence-electron chi connectivity index (χ2n) is 4.34. The van der Waals surface area contributed by atoms with Crippen LogP contribution in [0, 0.1) is 11.3 Å². The molecule has 0 radical (unpaired) electrons. The summed E-state index contributed by atoms with van der Waals surface area (Å²) in [4.78, 5) is 2.49. The van der Waals surface area contributed by atoms with Gasteiger partial charge in [0.25, 0.3) is 0 Å². The highest BCUT2D eigenvalue weighted by Crippen LogP contribution is 2.29. The highest BCUT2D eigenvalue weighted by atomic mass is 32.2. The van der Waals surface area contributed by atoms with Crippen LogP contribution in [0.2, 0.25) is 0 Å². The normalized spacial score (nSPS) is 21.3. The molecule has 2 heterocycles. The lowest BCUT2D eigenvalue weighted by atomic mass is 10.1. The number of hydrogen-bond acceptors (Lipinski definition) is 4. The molecule has 0 spiro atoms. The van der Waals surface area contributed by atoms with Gasteiger partial charge in [-0.05, 0) is 13.0 Å². The smallest absolute Gasteiger partial charge is 0.0622 e. The first-order chi connectivity index (χ1) is 8.31. The number of unbranched alkanes of at least 4 members (excludes halogenated alkanes) is 1. The summed E-state index contributed by atoms with van der Waals surface area (Å²) in [6.45, 7) is 2.14. The zero-order valence-corrected chi connectivity index (χ0v) is 11.0. The maximum absolute atomic E-state index is 8.60. The summed E-state index contributed by atoms with van der Waals surface area (Å²) in [5, 5.41) is 12.8. The predicted octanol–water partition coefficient (Wildman–Crippen LogP) is 1.81. The standard InChI is InChI=1S/C12H18N4S/c1-15-9-11(8-14-15)12-10-17-7-6-16(12)5-3-2-4-13/h8-9,12H,2-3,5-7,10H2,1H3/t12-/m1/s1. The van der Waals surface area contributed by atoms with E-state index in [1.165, 1.54) is 11.3 Å². The first-order valence-corrected chi connectivity index (χ1v) is 7.14. The van der Waals surface area contributed by atoms with Crippen molar-refractivity contribution in [3.05, 3.63) is 18.0 Å². The molecule has 5 heteroatoms. The Morgan fingerprint density at radius 3 is 3.24 bits per heavy atom. The van der Waals surface area contributed by atoms with E-state index in [2.05, 4.69) is 22.3 Å². The minimum Gasteiger partial charge on any atom is -0.295 e. The molecular weight excluding hydrogens is 232 g/mol. The van der Waals surface area contributed by atoms with Crippen molar-refractivity contribution in [2.45, 2.75) is 18.9 Å². The van der Waals surface area contributed by atoms with Gasteiger partial charge >= 0.3 is 0 Å². The Balaban J connectivity index is 1.99. The summed E-state index contributed by atoms with van der Waals surface area (Å²) in [6, 6.07) is 2.69. The van der Waals surface area contributed by atoms with E-state index >= 15 is 0 Å². The van der Waals surface area contributed by atoms with Crippen molar-refractivity contribution >= 4 is 11.8 Å². The average molecular weight is 250 g/mol. The second-order valence-corrected chi connectivity index (χ2v) is 5.49. The minimum atomic E-state index is 0.473. The van der Waals surface area contributed by atoms with Gasteiger partial charge in [0.2, 0.25) is 0 Å². The molecule has 1 saturated heterocycles. The third kappa shape index (κ3) is 3.24. The van der Waals surface area contributed by atoms with E-state index in [4.69, 9.17) is 5.26 Å². The summed E-state index contributed by atoms with van der Waals surface area (Å²) < 4.78 is 1.86. The van der Waals surface area contributed by atoms with Crippen LogP contribution >= 0.6 is 11.8 Å². The molecule has 2 rings (SSSR count).